The molecule has 0 unspecified atom stereocenters. The summed E-state index contributed by atoms with van der Waals surface area (Å²) in [5, 5.41) is 2.48. The summed E-state index contributed by atoms with van der Waals surface area (Å²) in [4.78, 5) is 14.4. The molecule has 0 radical (unpaired) electrons. The average Bonchev–Trinajstić information content (AvgIpc) is 3.38. The Balaban J connectivity index is 1.54. The van der Waals surface area contributed by atoms with Crippen molar-refractivity contribution in [2.75, 3.05) is 36.4 Å². The molecule has 2 saturated heterocycles. The standard InChI is InChI=1S/C21H26F2N4O3S/c1-25-14-16(31(29,30)27-9-3-2-4-10-27)13-19(25)21(28)24-15-11-17(22)20(18(23)12-15)26-7-5-6-8-26/h11-14H,2-10H2,1H3,(H,24,28). The highest BCUT2D eigenvalue weighted by Crippen LogP contribution is 2.30. The molecule has 3 heterocycles. The summed E-state index contributed by atoms with van der Waals surface area (Å²) in [7, 11) is -2.13. The Labute approximate surface area is 180 Å². The van der Waals surface area contributed by atoms with E-state index in [-0.39, 0.29) is 22.0 Å². The first-order chi connectivity index (χ1) is 14.8. The van der Waals surface area contributed by atoms with Crippen LogP contribution in [0.15, 0.2) is 29.3 Å². The molecule has 7 nitrogen and oxygen atoms in total. The van der Waals surface area contributed by atoms with Crippen LogP contribution in [0.5, 0.6) is 0 Å². The monoisotopic (exact) mass is 452 g/mol. The lowest BCUT2D eigenvalue weighted by atomic mass is 10.2. The van der Waals surface area contributed by atoms with Crippen molar-refractivity contribution in [2.24, 2.45) is 7.05 Å². The zero-order valence-corrected chi connectivity index (χ0v) is 18.2. The lowest BCUT2D eigenvalue weighted by Crippen LogP contribution is -2.35. The smallest absolute Gasteiger partial charge is 0.272 e. The van der Waals surface area contributed by atoms with Crippen LogP contribution in [0.4, 0.5) is 20.2 Å². The number of halogens is 2. The Morgan fingerprint density at radius 2 is 1.52 bits per heavy atom. The van der Waals surface area contributed by atoms with E-state index in [0.29, 0.717) is 26.2 Å². The van der Waals surface area contributed by atoms with Crippen LogP contribution in [0, 0.1) is 11.6 Å². The summed E-state index contributed by atoms with van der Waals surface area (Å²) < 4.78 is 57.6. The first kappa shape index (κ1) is 21.8. The van der Waals surface area contributed by atoms with E-state index < -0.39 is 27.6 Å². The van der Waals surface area contributed by atoms with Crippen molar-refractivity contribution in [1.29, 1.82) is 0 Å². The van der Waals surface area contributed by atoms with E-state index in [1.165, 1.54) is 21.1 Å². The third kappa shape index (κ3) is 4.31. The van der Waals surface area contributed by atoms with E-state index >= 15 is 0 Å². The molecule has 0 bridgehead atoms. The number of sulfonamides is 1. The van der Waals surface area contributed by atoms with Crippen LogP contribution >= 0.6 is 0 Å². The number of carbonyl (C=O) groups is 1. The molecule has 0 aliphatic carbocycles. The number of hydrogen-bond acceptors (Lipinski definition) is 4. The number of rotatable bonds is 5. The number of piperidine rings is 1. The van der Waals surface area contributed by atoms with E-state index in [1.54, 1.807) is 11.9 Å². The third-order valence-electron chi connectivity index (χ3n) is 5.86. The minimum Gasteiger partial charge on any atom is -0.367 e. The molecule has 4 rings (SSSR count). The molecule has 0 atom stereocenters. The molecule has 1 aromatic heterocycles. The Kier molecular flexibility index (Phi) is 6.02. The van der Waals surface area contributed by atoms with Gasteiger partial charge in [-0.2, -0.15) is 4.31 Å². The van der Waals surface area contributed by atoms with Gasteiger partial charge < -0.3 is 14.8 Å². The van der Waals surface area contributed by atoms with Gasteiger partial charge in [-0.3, -0.25) is 4.79 Å². The van der Waals surface area contributed by atoms with E-state index in [1.807, 2.05) is 0 Å². The predicted molar refractivity (Wildman–Crippen MR) is 114 cm³/mol. The van der Waals surface area contributed by atoms with Crippen LogP contribution in [-0.4, -0.2) is 49.4 Å². The number of amides is 1. The van der Waals surface area contributed by atoms with Gasteiger partial charge in [-0.15, -0.1) is 0 Å². The zero-order valence-electron chi connectivity index (χ0n) is 17.4. The molecule has 168 valence electrons. The molecule has 2 aliphatic heterocycles. The summed E-state index contributed by atoms with van der Waals surface area (Å²) in [5.74, 6) is -2.12. The maximum atomic E-state index is 14.5. The third-order valence-corrected chi connectivity index (χ3v) is 7.73. The van der Waals surface area contributed by atoms with Crippen molar-refractivity contribution in [3.63, 3.8) is 0 Å². The molecule has 2 aromatic rings. The first-order valence-electron chi connectivity index (χ1n) is 10.5. The van der Waals surface area contributed by atoms with Crippen molar-refractivity contribution in [1.82, 2.24) is 8.87 Å². The zero-order chi connectivity index (χ0) is 22.2. The number of nitrogens with one attached hydrogen (secondary N) is 1. The van der Waals surface area contributed by atoms with Gasteiger partial charge in [0.15, 0.2) is 11.6 Å². The number of aryl methyl sites for hydroxylation is 1. The van der Waals surface area contributed by atoms with E-state index in [2.05, 4.69) is 5.32 Å². The summed E-state index contributed by atoms with van der Waals surface area (Å²) in [6.45, 7) is 2.11. The van der Waals surface area contributed by atoms with Crippen molar-refractivity contribution < 1.29 is 22.0 Å². The van der Waals surface area contributed by atoms with Crippen molar-refractivity contribution in [2.45, 2.75) is 37.0 Å². The topological polar surface area (TPSA) is 74.6 Å². The van der Waals surface area contributed by atoms with Gasteiger partial charge in [0, 0.05) is 45.1 Å². The second-order valence-electron chi connectivity index (χ2n) is 8.07. The fourth-order valence-electron chi connectivity index (χ4n) is 4.23. The number of aromatic nitrogens is 1. The highest BCUT2D eigenvalue weighted by molar-refractivity contribution is 7.89. The first-order valence-corrected chi connectivity index (χ1v) is 11.9. The minimum absolute atomic E-state index is 0.0235. The maximum absolute atomic E-state index is 14.5. The normalized spacial score (nSPS) is 17.8. The van der Waals surface area contributed by atoms with Crippen LogP contribution in [0.3, 0.4) is 0 Å². The van der Waals surface area contributed by atoms with E-state index in [9.17, 15) is 22.0 Å². The number of hydrogen-bond donors (Lipinski definition) is 1. The van der Waals surface area contributed by atoms with Gasteiger partial charge in [0.05, 0.1) is 0 Å². The molecule has 1 aromatic carbocycles. The Bertz CT molecular complexity index is 1070. The largest absolute Gasteiger partial charge is 0.367 e. The Morgan fingerprint density at radius 1 is 0.935 bits per heavy atom. The Hall–Kier alpha value is -2.46. The van der Waals surface area contributed by atoms with Crippen LogP contribution in [0.1, 0.15) is 42.6 Å². The minimum atomic E-state index is -3.69. The molecule has 2 aliphatic rings. The molecular weight excluding hydrogens is 426 g/mol. The maximum Gasteiger partial charge on any atom is 0.272 e. The molecular formula is C21H26F2N4O3S. The fraction of sp³-hybridized carbons (Fsp3) is 0.476. The quantitative estimate of drug-likeness (QED) is 0.755. The molecule has 31 heavy (non-hydrogen) atoms. The molecule has 1 amide bonds. The van der Waals surface area contributed by atoms with Gasteiger partial charge in [-0.05, 0) is 43.9 Å². The Morgan fingerprint density at radius 3 is 2.13 bits per heavy atom. The summed E-state index contributed by atoms with van der Waals surface area (Å²) in [5.41, 5.74) is -0.0196. The van der Waals surface area contributed by atoms with Crippen LogP contribution < -0.4 is 10.2 Å². The number of nitrogens with zero attached hydrogens (tertiary/aromatic N) is 3. The molecule has 10 heteroatoms. The van der Waals surface area contributed by atoms with Crippen molar-refractivity contribution in [3.05, 3.63) is 41.7 Å². The van der Waals surface area contributed by atoms with Gasteiger partial charge in [0.1, 0.15) is 16.3 Å². The van der Waals surface area contributed by atoms with Gasteiger partial charge in [-0.25, -0.2) is 17.2 Å². The van der Waals surface area contributed by atoms with E-state index in [0.717, 1.165) is 44.2 Å². The lowest BCUT2D eigenvalue weighted by Gasteiger charge is -2.25. The second kappa shape index (κ2) is 8.58. The van der Waals surface area contributed by atoms with Gasteiger partial charge in [0.2, 0.25) is 10.0 Å². The molecule has 1 N–H and O–H groups in total. The van der Waals surface area contributed by atoms with E-state index in [4.69, 9.17) is 0 Å². The number of anilines is 2. The van der Waals surface area contributed by atoms with Crippen LogP contribution in [0.2, 0.25) is 0 Å². The summed E-state index contributed by atoms with van der Waals surface area (Å²) in [6.07, 6.45) is 5.77. The SMILES string of the molecule is Cn1cc(S(=O)(=O)N2CCCCC2)cc1C(=O)Nc1cc(F)c(N2CCCC2)c(F)c1. The predicted octanol–water partition coefficient (Wildman–Crippen LogP) is 3.33. The number of benzene rings is 1. The highest BCUT2D eigenvalue weighted by atomic mass is 32.2. The average molecular weight is 453 g/mol. The van der Waals surface area contributed by atoms with Crippen molar-refractivity contribution >= 4 is 27.3 Å². The highest BCUT2D eigenvalue weighted by Gasteiger charge is 2.29. The molecule has 0 saturated carbocycles. The van der Waals surface area contributed by atoms with Crippen LogP contribution in [0.25, 0.3) is 0 Å². The molecule has 0 spiro atoms. The second-order valence-corrected chi connectivity index (χ2v) is 10.0. The van der Waals surface area contributed by atoms with Gasteiger partial charge in [-0.1, -0.05) is 6.42 Å². The van der Waals surface area contributed by atoms with Crippen LogP contribution in [-0.2, 0) is 17.1 Å². The van der Waals surface area contributed by atoms with Gasteiger partial charge in [0.25, 0.3) is 5.91 Å². The van der Waals surface area contributed by atoms with Gasteiger partial charge >= 0.3 is 0 Å². The summed E-state index contributed by atoms with van der Waals surface area (Å²) >= 11 is 0. The lowest BCUT2D eigenvalue weighted by molar-refractivity contribution is 0.101. The number of carbonyl (C=O) groups excluding carboxylic acids is 1. The van der Waals surface area contributed by atoms with Crippen molar-refractivity contribution in [3.8, 4) is 0 Å². The fourth-order valence-corrected chi connectivity index (χ4v) is 5.82. The molecule has 2 fully saturated rings. The summed E-state index contributed by atoms with van der Waals surface area (Å²) in [6, 6.07) is 3.47.